The first-order chi connectivity index (χ1) is 20.3. The van der Waals surface area contributed by atoms with Crippen molar-refractivity contribution in [2.45, 2.75) is 82.0 Å². The second kappa shape index (κ2) is 12.3. The van der Waals surface area contributed by atoms with Gasteiger partial charge < -0.3 is 0 Å². The predicted octanol–water partition coefficient (Wildman–Crippen LogP) is 6.93. The molecule has 1 atom stereocenters. The van der Waals surface area contributed by atoms with E-state index in [1.54, 1.807) is 0 Å². The van der Waals surface area contributed by atoms with Crippen LogP contribution in [0.4, 0.5) is 0 Å². The van der Waals surface area contributed by atoms with E-state index in [1.807, 2.05) is 11.3 Å². The number of allylic oxidation sites excluding steroid dienone is 4. The molecule has 0 saturated heterocycles. The second-order valence-corrected chi connectivity index (χ2v) is 14.3. The van der Waals surface area contributed by atoms with Gasteiger partial charge in [0.25, 0.3) is 6.71 Å². The number of hydrogen-bond donors (Lipinski definition) is 0. The second-order valence-electron chi connectivity index (χ2n) is 13.1. The minimum absolute atomic E-state index is 0.115. The molecule has 0 nitrogen and oxygen atoms in total. The molecule has 0 spiro atoms. The number of aryl methyl sites for hydroxylation is 9. The first-order valence-electron chi connectivity index (χ1n) is 15.5. The van der Waals surface area contributed by atoms with Gasteiger partial charge in [-0.25, -0.2) is 0 Å². The SMILES string of the molecule is CC1=CC#CC(B(c2ccc(B(c3c(C)cc(C)cc3C)c3c(C)cc(C)cc3C)s2)c2c(C)cc(C)cc2C)C(C)=C1. The van der Waals surface area contributed by atoms with Gasteiger partial charge in [0.1, 0.15) is 0 Å². The molecule has 0 N–H and O–H groups in total. The fraction of sp³-hybridized carbons (Fsp3) is 0.300. The van der Waals surface area contributed by atoms with Crippen molar-refractivity contribution >= 4 is 50.7 Å². The molecule has 216 valence electrons. The molecule has 4 aromatic rings. The smallest absolute Gasteiger partial charge is 0.164 e. The molecule has 0 amide bonds. The minimum atomic E-state index is 0.115. The Balaban J connectivity index is 1.77. The Morgan fingerprint density at radius 1 is 0.558 bits per heavy atom. The maximum Gasteiger partial charge on any atom is 0.254 e. The Kier molecular flexibility index (Phi) is 8.83. The molecule has 43 heavy (non-hydrogen) atoms. The van der Waals surface area contributed by atoms with Crippen molar-refractivity contribution in [1.29, 1.82) is 0 Å². The van der Waals surface area contributed by atoms with Crippen molar-refractivity contribution in [2.24, 2.45) is 0 Å². The van der Waals surface area contributed by atoms with Gasteiger partial charge >= 0.3 is 0 Å². The Labute approximate surface area is 265 Å². The van der Waals surface area contributed by atoms with Gasteiger partial charge in [-0.1, -0.05) is 138 Å². The van der Waals surface area contributed by atoms with Crippen LogP contribution in [0.5, 0.6) is 0 Å². The van der Waals surface area contributed by atoms with Crippen LogP contribution in [0.3, 0.4) is 0 Å². The van der Waals surface area contributed by atoms with Crippen molar-refractivity contribution in [3.05, 3.63) is 122 Å². The molecule has 0 radical (unpaired) electrons. The van der Waals surface area contributed by atoms with Crippen molar-refractivity contribution in [1.82, 2.24) is 0 Å². The molecule has 1 unspecified atom stereocenters. The standard InChI is InChI=1S/C40H44B2S/c1-24-13-12-14-35(28(5)17-24)41(38-29(6)18-25(2)19-30(38)7)36-15-16-37(43-36)42(39-31(8)20-26(3)21-32(39)9)40-33(10)22-27(4)23-34(40)11/h13,15-23,35H,1-11H3. The Morgan fingerprint density at radius 2 is 0.977 bits per heavy atom. The molecule has 0 aliphatic heterocycles. The molecule has 1 aliphatic carbocycles. The fourth-order valence-corrected chi connectivity index (χ4v) is 9.04. The maximum absolute atomic E-state index is 3.69. The number of rotatable bonds is 6. The summed E-state index contributed by atoms with van der Waals surface area (Å²) in [5, 5.41) is 0. The van der Waals surface area contributed by atoms with Crippen LogP contribution in [-0.2, 0) is 0 Å². The van der Waals surface area contributed by atoms with E-state index in [2.05, 4.69) is 149 Å². The van der Waals surface area contributed by atoms with Crippen molar-refractivity contribution in [3.63, 3.8) is 0 Å². The number of thiophene rings is 1. The van der Waals surface area contributed by atoms with Gasteiger partial charge in [-0.05, 0) is 97.4 Å². The zero-order chi connectivity index (χ0) is 31.2. The van der Waals surface area contributed by atoms with E-state index < -0.39 is 0 Å². The highest BCUT2D eigenvalue weighted by molar-refractivity contribution is 7.35. The summed E-state index contributed by atoms with van der Waals surface area (Å²) in [5.41, 5.74) is 19.0. The maximum atomic E-state index is 3.69. The lowest BCUT2D eigenvalue weighted by molar-refractivity contribution is 1.20. The van der Waals surface area contributed by atoms with Crippen LogP contribution >= 0.6 is 11.3 Å². The van der Waals surface area contributed by atoms with Gasteiger partial charge in [-0.3, -0.25) is 0 Å². The molecule has 1 heterocycles. The summed E-state index contributed by atoms with van der Waals surface area (Å²) >= 11 is 1.99. The van der Waals surface area contributed by atoms with E-state index in [1.165, 1.54) is 87.2 Å². The summed E-state index contributed by atoms with van der Waals surface area (Å²) in [6, 6.07) is 18.9. The van der Waals surface area contributed by atoms with Gasteiger partial charge in [0.15, 0.2) is 0 Å². The zero-order valence-corrected chi connectivity index (χ0v) is 28.7. The highest BCUT2D eigenvalue weighted by Gasteiger charge is 2.36. The number of benzene rings is 3. The highest BCUT2D eigenvalue weighted by atomic mass is 32.1. The summed E-state index contributed by atoms with van der Waals surface area (Å²) < 4.78 is 2.80. The highest BCUT2D eigenvalue weighted by Crippen LogP contribution is 2.27. The van der Waals surface area contributed by atoms with Crippen LogP contribution in [0.25, 0.3) is 0 Å². The quantitative estimate of drug-likeness (QED) is 0.172. The first-order valence-corrected chi connectivity index (χ1v) is 16.4. The average molecular weight is 578 g/mol. The molecular formula is C40H44B2S. The lowest BCUT2D eigenvalue weighted by Gasteiger charge is -2.25. The van der Waals surface area contributed by atoms with E-state index in [0.717, 1.165) is 0 Å². The normalized spacial score (nSPS) is 14.4. The molecule has 0 saturated carbocycles. The zero-order valence-electron chi connectivity index (χ0n) is 27.9. The molecular weight excluding hydrogens is 534 g/mol. The molecule has 0 fully saturated rings. The topological polar surface area (TPSA) is 0 Å². The van der Waals surface area contributed by atoms with Gasteiger partial charge in [0, 0.05) is 5.82 Å². The molecule has 5 rings (SSSR count). The molecule has 1 aromatic heterocycles. The van der Waals surface area contributed by atoms with Crippen LogP contribution in [0.15, 0.2) is 71.8 Å². The largest absolute Gasteiger partial charge is 0.254 e. The first kappa shape index (κ1) is 31.0. The van der Waals surface area contributed by atoms with Crippen molar-refractivity contribution < 1.29 is 0 Å². The van der Waals surface area contributed by atoms with Crippen LogP contribution in [0, 0.1) is 74.2 Å². The average Bonchev–Trinajstić information content (AvgIpc) is 3.29. The summed E-state index contributed by atoms with van der Waals surface area (Å²) in [5.74, 6) is 7.22. The van der Waals surface area contributed by atoms with Gasteiger partial charge in [0.05, 0.1) is 0 Å². The van der Waals surface area contributed by atoms with Crippen LogP contribution in [-0.4, -0.2) is 13.4 Å². The van der Waals surface area contributed by atoms with Gasteiger partial charge in [-0.2, -0.15) is 11.3 Å². The van der Waals surface area contributed by atoms with E-state index in [9.17, 15) is 0 Å². The van der Waals surface area contributed by atoms with Crippen molar-refractivity contribution in [3.8, 4) is 11.8 Å². The lowest BCUT2D eigenvalue weighted by Crippen LogP contribution is -2.55. The van der Waals surface area contributed by atoms with Gasteiger partial charge in [0.2, 0.25) is 6.71 Å². The third kappa shape index (κ3) is 6.14. The Hall–Kier alpha value is -3.47. The predicted molar refractivity (Wildman–Crippen MR) is 195 cm³/mol. The van der Waals surface area contributed by atoms with Crippen LogP contribution in [0.2, 0.25) is 5.82 Å². The fourth-order valence-electron chi connectivity index (χ4n) is 7.76. The van der Waals surface area contributed by atoms with Crippen molar-refractivity contribution in [2.75, 3.05) is 0 Å². The molecule has 3 aromatic carbocycles. The summed E-state index contributed by atoms with van der Waals surface area (Å²) in [6.07, 6.45) is 4.38. The molecule has 1 aliphatic rings. The van der Waals surface area contributed by atoms with E-state index in [0.29, 0.717) is 0 Å². The third-order valence-corrected chi connectivity index (χ3v) is 10.4. The van der Waals surface area contributed by atoms with Crippen LogP contribution < -0.4 is 25.9 Å². The summed E-state index contributed by atoms with van der Waals surface area (Å²) in [6.45, 7) is 25.1. The Morgan fingerprint density at radius 3 is 1.44 bits per heavy atom. The van der Waals surface area contributed by atoms with E-state index >= 15 is 0 Å². The van der Waals surface area contributed by atoms with Gasteiger partial charge in [-0.15, -0.1) is 0 Å². The number of hydrogen-bond acceptors (Lipinski definition) is 1. The van der Waals surface area contributed by atoms with E-state index in [4.69, 9.17) is 0 Å². The minimum Gasteiger partial charge on any atom is -0.164 e. The summed E-state index contributed by atoms with van der Waals surface area (Å²) in [4.78, 5) is 0. The summed E-state index contributed by atoms with van der Waals surface area (Å²) in [7, 11) is 0. The molecule has 0 bridgehead atoms. The van der Waals surface area contributed by atoms with Crippen LogP contribution in [0.1, 0.15) is 63.9 Å². The lowest BCUT2D eigenvalue weighted by atomic mass is 9.34. The Bertz CT molecular complexity index is 1730. The molecule has 3 heteroatoms. The van der Waals surface area contributed by atoms with E-state index in [-0.39, 0.29) is 19.2 Å². The monoisotopic (exact) mass is 578 g/mol. The third-order valence-electron chi connectivity index (χ3n) is 9.16.